The number of aryl methyl sites for hydroxylation is 1. The van der Waals surface area contributed by atoms with Crippen LogP contribution in [0.1, 0.15) is 67.6 Å². The van der Waals surface area contributed by atoms with Crippen molar-refractivity contribution in [3.63, 3.8) is 0 Å². The molecule has 1 saturated carbocycles. The number of nitrogens with zero attached hydrogens (tertiary/aromatic N) is 3. The molecular formula is C21H28ClN3O2S. The first kappa shape index (κ1) is 19.9. The van der Waals surface area contributed by atoms with Gasteiger partial charge in [0.15, 0.2) is 0 Å². The molecule has 1 aliphatic carbocycles. The highest BCUT2D eigenvalue weighted by Crippen LogP contribution is 2.38. The van der Waals surface area contributed by atoms with E-state index in [1.54, 1.807) is 0 Å². The van der Waals surface area contributed by atoms with Crippen molar-refractivity contribution >= 4 is 44.9 Å². The van der Waals surface area contributed by atoms with E-state index in [9.17, 15) is 4.79 Å². The summed E-state index contributed by atoms with van der Waals surface area (Å²) in [5.74, 6) is 1.83. The number of halogens is 1. The molecule has 2 aromatic rings. The van der Waals surface area contributed by atoms with Gasteiger partial charge in [0.05, 0.1) is 5.39 Å². The molecule has 1 saturated heterocycles. The van der Waals surface area contributed by atoms with E-state index in [4.69, 9.17) is 16.3 Å². The molecule has 2 fully saturated rings. The van der Waals surface area contributed by atoms with Crippen LogP contribution < -0.4 is 4.90 Å². The van der Waals surface area contributed by atoms with Gasteiger partial charge in [-0.15, -0.1) is 11.3 Å². The number of thiophene rings is 1. The fourth-order valence-electron chi connectivity index (χ4n) is 4.74. The minimum Gasteiger partial charge on any atom is -0.458 e. The number of carbonyl (C=O) groups excluding carboxylic acids is 1. The summed E-state index contributed by atoms with van der Waals surface area (Å²) in [6.07, 6.45) is 6.72. The average Bonchev–Trinajstić information content (AvgIpc) is 2.97. The first-order chi connectivity index (χ1) is 13.4. The number of piperidine rings is 1. The lowest BCUT2D eigenvalue weighted by Gasteiger charge is -2.36. The summed E-state index contributed by atoms with van der Waals surface area (Å²) in [5, 5.41) is 1.19. The first-order valence-electron chi connectivity index (χ1n) is 10.3. The van der Waals surface area contributed by atoms with Crippen LogP contribution >= 0.6 is 22.9 Å². The van der Waals surface area contributed by atoms with Gasteiger partial charge in [0, 0.05) is 13.1 Å². The van der Waals surface area contributed by atoms with E-state index in [0.717, 1.165) is 60.4 Å². The number of rotatable bonds is 3. The quantitative estimate of drug-likeness (QED) is 0.475. The third-order valence-electron chi connectivity index (χ3n) is 5.92. The molecule has 0 N–H and O–H groups in total. The highest BCUT2D eigenvalue weighted by atomic mass is 35.5. The summed E-state index contributed by atoms with van der Waals surface area (Å²) < 4.78 is 5.81. The normalized spacial score (nSPS) is 23.9. The molecule has 28 heavy (non-hydrogen) atoms. The molecule has 5 nitrogen and oxygen atoms in total. The maximum absolute atomic E-state index is 12.9. The highest BCUT2D eigenvalue weighted by molar-refractivity contribution is 7.20. The fourth-order valence-corrected chi connectivity index (χ4v) is 6.01. The van der Waals surface area contributed by atoms with Crippen LogP contribution in [-0.2, 0) is 4.74 Å². The number of ether oxygens (including phenoxy) is 1. The molecule has 4 rings (SSSR count). The summed E-state index contributed by atoms with van der Waals surface area (Å²) in [5.41, 5.74) is 0.915. The Kier molecular flexibility index (Phi) is 5.79. The van der Waals surface area contributed by atoms with Gasteiger partial charge >= 0.3 is 5.97 Å². The van der Waals surface area contributed by atoms with Crippen LogP contribution in [0.2, 0.25) is 5.28 Å². The monoisotopic (exact) mass is 421 g/mol. The topological polar surface area (TPSA) is 55.3 Å². The Morgan fingerprint density at radius 2 is 1.82 bits per heavy atom. The minimum absolute atomic E-state index is 0.0452. The number of carbonyl (C=O) groups is 1. The van der Waals surface area contributed by atoms with Gasteiger partial charge in [-0.25, -0.2) is 9.78 Å². The van der Waals surface area contributed by atoms with Gasteiger partial charge in [-0.2, -0.15) is 4.98 Å². The zero-order valence-corrected chi connectivity index (χ0v) is 18.4. The maximum atomic E-state index is 12.9. The summed E-state index contributed by atoms with van der Waals surface area (Å²) in [6, 6.07) is 0. The molecule has 0 aromatic carbocycles. The lowest BCUT2D eigenvalue weighted by Crippen LogP contribution is -2.39. The molecule has 152 valence electrons. The second-order valence-electron chi connectivity index (χ2n) is 8.57. The van der Waals surface area contributed by atoms with Crippen LogP contribution in [0.3, 0.4) is 0 Å². The standard InChI is InChI=1S/C21H28ClN3O2S/c1-12-9-13(2)11-25(10-12)18-16-14(3)17(28-19(16)24-21(22)23-18)20(26)27-15-7-5-4-6-8-15/h12-13,15H,4-11H2,1-3H3. The Labute approximate surface area is 175 Å². The van der Waals surface area contributed by atoms with E-state index in [-0.39, 0.29) is 17.4 Å². The third-order valence-corrected chi connectivity index (χ3v) is 7.26. The molecule has 1 aliphatic heterocycles. The van der Waals surface area contributed by atoms with Crippen LogP contribution in [-0.4, -0.2) is 35.1 Å². The van der Waals surface area contributed by atoms with Crippen molar-refractivity contribution in [2.75, 3.05) is 18.0 Å². The Morgan fingerprint density at radius 3 is 2.50 bits per heavy atom. The Hall–Kier alpha value is -1.40. The largest absolute Gasteiger partial charge is 0.458 e. The van der Waals surface area contributed by atoms with E-state index in [2.05, 4.69) is 28.7 Å². The van der Waals surface area contributed by atoms with Crippen molar-refractivity contribution in [2.45, 2.75) is 65.4 Å². The van der Waals surface area contributed by atoms with Gasteiger partial charge < -0.3 is 9.64 Å². The molecule has 0 bridgehead atoms. The Balaban J connectivity index is 1.69. The van der Waals surface area contributed by atoms with Gasteiger partial charge in [-0.3, -0.25) is 0 Å². The average molecular weight is 422 g/mol. The molecule has 2 atom stereocenters. The van der Waals surface area contributed by atoms with E-state index >= 15 is 0 Å². The summed E-state index contributed by atoms with van der Waals surface area (Å²) in [6.45, 7) is 8.42. The highest BCUT2D eigenvalue weighted by Gasteiger charge is 2.29. The summed E-state index contributed by atoms with van der Waals surface area (Å²) in [4.78, 5) is 25.6. The maximum Gasteiger partial charge on any atom is 0.348 e. The molecule has 2 aromatic heterocycles. The zero-order valence-electron chi connectivity index (χ0n) is 16.8. The zero-order chi connectivity index (χ0) is 19.8. The number of hydrogen-bond donors (Lipinski definition) is 0. The van der Waals surface area contributed by atoms with Gasteiger partial charge in [-0.1, -0.05) is 20.3 Å². The molecule has 0 radical (unpaired) electrons. The minimum atomic E-state index is -0.227. The smallest absolute Gasteiger partial charge is 0.348 e. The third kappa shape index (κ3) is 3.99. The van der Waals surface area contributed by atoms with E-state index in [0.29, 0.717) is 16.7 Å². The second-order valence-corrected chi connectivity index (χ2v) is 9.91. The SMILES string of the molecule is Cc1c(C(=O)OC2CCCCC2)sc2nc(Cl)nc(N3CC(C)CC(C)C3)c12. The number of aromatic nitrogens is 2. The molecular weight excluding hydrogens is 394 g/mol. The van der Waals surface area contributed by atoms with E-state index in [1.165, 1.54) is 24.2 Å². The Bertz CT molecular complexity index is 868. The van der Waals surface area contributed by atoms with E-state index < -0.39 is 0 Å². The van der Waals surface area contributed by atoms with Crippen molar-refractivity contribution in [1.29, 1.82) is 0 Å². The lowest BCUT2D eigenvalue weighted by atomic mass is 9.92. The van der Waals surface area contributed by atoms with E-state index in [1.807, 2.05) is 6.92 Å². The molecule has 2 unspecified atom stereocenters. The van der Waals surface area contributed by atoms with Gasteiger partial charge in [-0.05, 0) is 68.0 Å². The molecule has 0 spiro atoms. The molecule has 0 amide bonds. The molecule has 7 heteroatoms. The predicted octanol–water partition coefficient (Wildman–Crippen LogP) is 5.62. The van der Waals surface area contributed by atoms with Crippen LogP contribution in [0.4, 0.5) is 5.82 Å². The van der Waals surface area contributed by atoms with Crippen molar-refractivity contribution in [3.8, 4) is 0 Å². The first-order valence-corrected chi connectivity index (χ1v) is 11.5. The molecule has 2 aliphatic rings. The van der Waals surface area contributed by atoms with Crippen molar-refractivity contribution in [1.82, 2.24) is 9.97 Å². The number of esters is 1. The van der Waals surface area contributed by atoms with Crippen molar-refractivity contribution < 1.29 is 9.53 Å². The fraction of sp³-hybridized carbons (Fsp3) is 0.667. The number of fused-ring (bicyclic) bond motifs is 1. The second kappa shape index (κ2) is 8.15. The van der Waals surface area contributed by atoms with Crippen LogP contribution in [0, 0.1) is 18.8 Å². The van der Waals surface area contributed by atoms with Gasteiger partial charge in [0.25, 0.3) is 0 Å². The molecule has 3 heterocycles. The number of anilines is 1. The summed E-state index contributed by atoms with van der Waals surface area (Å²) >= 11 is 7.63. The van der Waals surface area contributed by atoms with Gasteiger partial charge in [0.2, 0.25) is 5.28 Å². The summed E-state index contributed by atoms with van der Waals surface area (Å²) in [7, 11) is 0. The van der Waals surface area contributed by atoms with Crippen LogP contribution in [0.5, 0.6) is 0 Å². The Morgan fingerprint density at radius 1 is 1.14 bits per heavy atom. The lowest BCUT2D eigenvalue weighted by molar-refractivity contribution is 0.0216. The van der Waals surface area contributed by atoms with Crippen molar-refractivity contribution in [2.24, 2.45) is 11.8 Å². The van der Waals surface area contributed by atoms with Crippen LogP contribution in [0.25, 0.3) is 10.2 Å². The predicted molar refractivity (Wildman–Crippen MR) is 115 cm³/mol. The van der Waals surface area contributed by atoms with Crippen molar-refractivity contribution in [3.05, 3.63) is 15.7 Å². The number of hydrogen-bond acceptors (Lipinski definition) is 6. The van der Waals surface area contributed by atoms with Crippen LogP contribution in [0.15, 0.2) is 0 Å². The van der Waals surface area contributed by atoms with Gasteiger partial charge in [0.1, 0.15) is 21.6 Å².